The van der Waals surface area contributed by atoms with Crippen LogP contribution >= 0.6 is 0 Å². The first-order valence-electron chi connectivity index (χ1n) is 9.59. The molecule has 0 fully saturated rings. The molecule has 0 aliphatic heterocycles. The van der Waals surface area contributed by atoms with Crippen LogP contribution in [0.4, 0.5) is 5.82 Å². The van der Waals surface area contributed by atoms with Crippen molar-refractivity contribution in [2.45, 2.75) is 19.3 Å². The molecule has 1 heterocycles. The van der Waals surface area contributed by atoms with E-state index in [1.165, 1.54) is 16.7 Å². The van der Waals surface area contributed by atoms with E-state index in [1.54, 1.807) is 0 Å². The highest BCUT2D eigenvalue weighted by atomic mass is 16.1. The average Bonchev–Trinajstić information content (AvgIpc) is 2.76. The van der Waals surface area contributed by atoms with Gasteiger partial charge in [0, 0.05) is 11.9 Å². The van der Waals surface area contributed by atoms with E-state index in [0.717, 1.165) is 24.2 Å². The number of nitrogens with zero attached hydrogens (tertiary/aromatic N) is 1. The molecule has 1 atom stereocenters. The highest BCUT2D eigenvalue weighted by molar-refractivity contribution is 5.90. The Morgan fingerprint density at radius 3 is 2.25 bits per heavy atom. The lowest BCUT2D eigenvalue weighted by Gasteiger charge is -2.14. The highest BCUT2D eigenvalue weighted by Crippen LogP contribution is 2.24. The predicted octanol–water partition coefficient (Wildman–Crippen LogP) is 5.20. The molecule has 0 saturated heterocycles. The molecule has 0 saturated carbocycles. The monoisotopic (exact) mass is 369 g/mol. The Morgan fingerprint density at radius 2 is 1.50 bits per heavy atom. The first kappa shape index (κ1) is 18.0. The summed E-state index contributed by atoms with van der Waals surface area (Å²) >= 11 is 0. The Hall–Kier alpha value is -3.40. The molecule has 0 amide bonds. The second-order valence-corrected chi connectivity index (χ2v) is 7.05. The van der Waals surface area contributed by atoms with Crippen molar-refractivity contribution < 1.29 is 0 Å². The molecule has 4 aromatic rings. The predicted molar refractivity (Wildman–Crippen MR) is 116 cm³/mol. The molecule has 1 aromatic heterocycles. The van der Waals surface area contributed by atoms with Crippen molar-refractivity contribution in [3.63, 3.8) is 0 Å². The number of nitrogens with one attached hydrogen (secondary N) is 2. The fourth-order valence-corrected chi connectivity index (χ4v) is 3.46. The van der Waals surface area contributed by atoms with E-state index in [-0.39, 0.29) is 5.56 Å². The molecule has 0 bridgehead atoms. The largest absolute Gasteiger partial charge is 0.368 e. The topological polar surface area (TPSA) is 57.8 Å². The lowest BCUT2D eigenvalue weighted by molar-refractivity contribution is 0.704. The van der Waals surface area contributed by atoms with Gasteiger partial charge in [-0.2, -0.15) is 5.10 Å². The van der Waals surface area contributed by atoms with Crippen LogP contribution in [0.15, 0.2) is 83.7 Å². The Labute approximate surface area is 164 Å². The van der Waals surface area contributed by atoms with Crippen LogP contribution in [0.1, 0.15) is 24.8 Å². The molecule has 0 aliphatic carbocycles. The summed E-state index contributed by atoms with van der Waals surface area (Å²) < 4.78 is 0. The minimum atomic E-state index is -0.159. The molecule has 0 aliphatic rings. The van der Waals surface area contributed by atoms with Gasteiger partial charge in [0.2, 0.25) is 0 Å². The van der Waals surface area contributed by atoms with Gasteiger partial charge in [0.15, 0.2) is 5.82 Å². The van der Waals surface area contributed by atoms with Crippen molar-refractivity contribution in [3.8, 4) is 11.1 Å². The van der Waals surface area contributed by atoms with E-state index >= 15 is 0 Å². The number of anilines is 1. The third kappa shape index (κ3) is 3.81. The quantitative estimate of drug-likeness (QED) is 0.491. The Morgan fingerprint density at radius 1 is 0.857 bits per heavy atom. The summed E-state index contributed by atoms with van der Waals surface area (Å²) in [6.45, 7) is 3.02. The van der Waals surface area contributed by atoms with Gasteiger partial charge in [-0.25, -0.2) is 5.10 Å². The van der Waals surface area contributed by atoms with Gasteiger partial charge in [0.05, 0.1) is 5.39 Å². The maximum absolute atomic E-state index is 11.9. The van der Waals surface area contributed by atoms with Crippen molar-refractivity contribution in [3.05, 3.63) is 94.8 Å². The van der Waals surface area contributed by atoms with E-state index in [1.807, 2.05) is 30.3 Å². The number of hydrogen-bond donors (Lipinski definition) is 2. The summed E-state index contributed by atoms with van der Waals surface area (Å²) in [5, 5.41) is 11.6. The molecule has 4 rings (SSSR count). The van der Waals surface area contributed by atoms with Gasteiger partial charge in [-0.05, 0) is 35.1 Å². The van der Waals surface area contributed by atoms with Crippen molar-refractivity contribution in [2.75, 3.05) is 11.9 Å². The van der Waals surface area contributed by atoms with Crippen molar-refractivity contribution >= 4 is 16.6 Å². The molecular formula is C24H23N3O. The third-order valence-corrected chi connectivity index (χ3v) is 5.15. The summed E-state index contributed by atoms with van der Waals surface area (Å²) in [5.41, 5.74) is 3.63. The molecule has 0 radical (unpaired) electrons. The third-order valence-electron chi connectivity index (χ3n) is 5.15. The summed E-state index contributed by atoms with van der Waals surface area (Å²) in [4.78, 5) is 11.9. The van der Waals surface area contributed by atoms with Crippen molar-refractivity contribution in [2.24, 2.45) is 0 Å². The van der Waals surface area contributed by atoms with Crippen LogP contribution in [0.3, 0.4) is 0 Å². The zero-order valence-electron chi connectivity index (χ0n) is 15.9. The number of rotatable bonds is 6. The van der Waals surface area contributed by atoms with Gasteiger partial charge in [-0.3, -0.25) is 4.79 Å². The average molecular weight is 369 g/mol. The number of hydrogen-bond acceptors (Lipinski definition) is 3. The number of fused-ring (bicyclic) bond motifs is 1. The first-order chi connectivity index (χ1) is 13.7. The van der Waals surface area contributed by atoms with Gasteiger partial charge < -0.3 is 5.32 Å². The fourth-order valence-electron chi connectivity index (χ4n) is 3.46. The molecule has 2 N–H and O–H groups in total. The molecule has 1 unspecified atom stereocenters. The van der Waals surface area contributed by atoms with Gasteiger partial charge in [-0.1, -0.05) is 79.7 Å². The zero-order valence-corrected chi connectivity index (χ0v) is 15.9. The molecule has 4 nitrogen and oxygen atoms in total. The van der Waals surface area contributed by atoms with Crippen LogP contribution in [0, 0.1) is 0 Å². The van der Waals surface area contributed by atoms with E-state index in [4.69, 9.17) is 0 Å². The Bertz CT molecular complexity index is 1120. The summed E-state index contributed by atoms with van der Waals surface area (Å²) in [6.07, 6.45) is 0.972. The number of aromatic nitrogens is 2. The maximum atomic E-state index is 11.9. The molecule has 0 spiro atoms. The highest BCUT2D eigenvalue weighted by Gasteiger charge is 2.08. The van der Waals surface area contributed by atoms with Gasteiger partial charge in [0.1, 0.15) is 0 Å². The van der Waals surface area contributed by atoms with Crippen molar-refractivity contribution in [1.82, 2.24) is 10.2 Å². The minimum Gasteiger partial charge on any atom is -0.368 e. The number of H-pyrrole nitrogens is 1. The molecule has 28 heavy (non-hydrogen) atoms. The molecule has 4 heteroatoms. The van der Waals surface area contributed by atoms with Gasteiger partial charge >= 0.3 is 0 Å². The standard InChI is InChI=1S/C24H23N3O/c1-17(18-11-13-20(14-12-18)19-7-3-2-4-8-19)15-16-25-23-21-9-5-6-10-22(21)24(28)27-26-23/h2-14,17H,15-16H2,1H3,(H,25,26)(H,27,28). The van der Waals surface area contributed by atoms with E-state index in [2.05, 4.69) is 71.0 Å². The smallest absolute Gasteiger partial charge is 0.272 e. The summed E-state index contributed by atoms with van der Waals surface area (Å²) in [7, 11) is 0. The normalized spacial score (nSPS) is 12.0. The van der Waals surface area contributed by atoms with Gasteiger partial charge in [0.25, 0.3) is 5.56 Å². The fraction of sp³-hybridized carbons (Fsp3) is 0.167. The van der Waals surface area contributed by atoms with E-state index in [0.29, 0.717) is 11.3 Å². The number of aromatic amines is 1. The minimum absolute atomic E-state index is 0.159. The van der Waals surface area contributed by atoms with Crippen LogP contribution in [0.2, 0.25) is 0 Å². The van der Waals surface area contributed by atoms with Crippen LogP contribution in [0.5, 0.6) is 0 Å². The zero-order chi connectivity index (χ0) is 19.3. The van der Waals surface area contributed by atoms with Gasteiger partial charge in [-0.15, -0.1) is 0 Å². The first-order valence-corrected chi connectivity index (χ1v) is 9.59. The molecular weight excluding hydrogens is 346 g/mol. The van der Waals surface area contributed by atoms with Crippen LogP contribution < -0.4 is 10.9 Å². The summed E-state index contributed by atoms with van der Waals surface area (Å²) in [6, 6.07) is 26.7. The number of benzene rings is 3. The lowest BCUT2D eigenvalue weighted by Crippen LogP contribution is -2.13. The second kappa shape index (κ2) is 8.09. The SMILES string of the molecule is CC(CCNc1n[nH]c(=O)c2ccccc12)c1ccc(-c2ccccc2)cc1. The Kier molecular flexibility index (Phi) is 5.20. The van der Waals surface area contributed by atoms with Crippen LogP contribution in [-0.4, -0.2) is 16.7 Å². The summed E-state index contributed by atoms with van der Waals surface area (Å²) in [5.74, 6) is 1.15. The van der Waals surface area contributed by atoms with E-state index < -0.39 is 0 Å². The Balaban J connectivity index is 1.41. The van der Waals surface area contributed by atoms with Crippen LogP contribution in [0.25, 0.3) is 21.9 Å². The molecule has 3 aromatic carbocycles. The van der Waals surface area contributed by atoms with E-state index in [9.17, 15) is 4.79 Å². The lowest BCUT2D eigenvalue weighted by atomic mass is 9.95. The second-order valence-electron chi connectivity index (χ2n) is 7.05. The maximum Gasteiger partial charge on any atom is 0.272 e. The molecule has 140 valence electrons. The van der Waals surface area contributed by atoms with Crippen LogP contribution in [-0.2, 0) is 0 Å². The van der Waals surface area contributed by atoms with Crippen molar-refractivity contribution in [1.29, 1.82) is 0 Å².